The summed E-state index contributed by atoms with van der Waals surface area (Å²) in [7, 11) is 1.62. The van der Waals surface area contributed by atoms with E-state index in [0.29, 0.717) is 6.42 Å². The first kappa shape index (κ1) is 13.1. The molecular formula is C15H15BrO2. The molecule has 94 valence electrons. The largest absolute Gasteiger partial charge is 0.497 e. The molecule has 1 atom stereocenters. The molecule has 0 amide bonds. The maximum Gasteiger partial charge on any atom is 0.119 e. The average Bonchev–Trinajstić information content (AvgIpc) is 2.39. The maximum atomic E-state index is 10.2. The number of hydrogen-bond donors (Lipinski definition) is 1. The highest BCUT2D eigenvalue weighted by atomic mass is 79.9. The van der Waals surface area contributed by atoms with Crippen LogP contribution in [0.4, 0.5) is 0 Å². The van der Waals surface area contributed by atoms with Crippen molar-refractivity contribution in [3.8, 4) is 5.75 Å². The van der Waals surface area contributed by atoms with Crippen molar-refractivity contribution in [3.05, 3.63) is 64.1 Å². The fraction of sp³-hybridized carbons (Fsp3) is 0.200. The van der Waals surface area contributed by atoms with Gasteiger partial charge in [0, 0.05) is 10.9 Å². The molecule has 2 rings (SSSR count). The van der Waals surface area contributed by atoms with Crippen LogP contribution in [-0.4, -0.2) is 12.2 Å². The Bertz CT molecular complexity index is 525. The second-order valence-corrected chi connectivity index (χ2v) is 5.04. The summed E-state index contributed by atoms with van der Waals surface area (Å²) in [6.07, 6.45) is 0.0708. The van der Waals surface area contributed by atoms with E-state index in [1.54, 1.807) is 7.11 Å². The molecule has 3 heteroatoms. The van der Waals surface area contributed by atoms with Crippen molar-refractivity contribution >= 4 is 15.9 Å². The van der Waals surface area contributed by atoms with E-state index in [0.717, 1.165) is 21.3 Å². The normalized spacial score (nSPS) is 12.2. The van der Waals surface area contributed by atoms with Crippen molar-refractivity contribution in [2.24, 2.45) is 0 Å². The van der Waals surface area contributed by atoms with Crippen molar-refractivity contribution in [2.45, 2.75) is 12.5 Å². The molecule has 0 aliphatic rings. The molecule has 1 unspecified atom stereocenters. The first-order valence-corrected chi connectivity index (χ1v) is 6.55. The molecule has 2 aromatic rings. The lowest BCUT2D eigenvalue weighted by molar-refractivity contribution is 0.178. The highest BCUT2D eigenvalue weighted by Gasteiger charge is 2.09. The molecule has 0 bridgehead atoms. The summed E-state index contributed by atoms with van der Waals surface area (Å²) >= 11 is 3.43. The minimum Gasteiger partial charge on any atom is -0.497 e. The Morgan fingerprint density at radius 1 is 1.17 bits per heavy atom. The minimum absolute atomic E-state index is 0.519. The van der Waals surface area contributed by atoms with E-state index in [9.17, 15) is 5.11 Å². The van der Waals surface area contributed by atoms with Crippen LogP contribution in [0.3, 0.4) is 0 Å². The highest BCUT2D eigenvalue weighted by molar-refractivity contribution is 9.10. The third kappa shape index (κ3) is 3.34. The minimum atomic E-state index is -0.519. The van der Waals surface area contributed by atoms with E-state index in [1.165, 1.54) is 0 Å². The lowest BCUT2D eigenvalue weighted by Gasteiger charge is -2.12. The number of halogens is 1. The second-order valence-electron chi connectivity index (χ2n) is 4.13. The molecule has 0 fully saturated rings. The van der Waals surface area contributed by atoms with Gasteiger partial charge in [0.25, 0.3) is 0 Å². The topological polar surface area (TPSA) is 29.5 Å². The van der Waals surface area contributed by atoms with Crippen LogP contribution in [0.2, 0.25) is 0 Å². The van der Waals surface area contributed by atoms with Crippen molar-refractivity contribution < 1.29 is 9.84 Å². The van der Waals surface area contributed by atoms with Gasteiger partial charge in [-0.3, -0.25) is 0 Å². The third-order valence-electron chi connectivity index (χ3n) is 2.80. The van der Waals surface area contributed by atoms with Crippen LogP contribution >= 0.6 is 15.9 Å². The zero-order chi connectivity index (χ0) is 13.0. The van der Waals surface area contributed by atoms with Gasteiger partial charge in [0.05, 0.1) is 13.2 Å². The highest BCUT2D eigenvalue weighted by Crippen LogP contribution is 2.23. The van der Waals surface area contributed by atoms with Gasteiger partial charge in [-0.25, -0.2) is 0 Å². The number of benzene rings is 2. The molecule has 1 N–H and O–H groups in total. The number of hydrogen-bond acceptors (Lipinski definition) is 2. The zero-order valence-electron chi connectivity index (χ0n) is 10.1. The fourth-order valence-electron chi connectivity index (χ4n) is 1.85. The van der Waals surface area contributed by atoms with E-state index in [1.807, 2.05) is 48.5 Å². The standard InChI is InChI=1S/C15H15BrO2/c1-18-14-7-3-5-12(10-14)15(17)9-11-4-2-6-13(16)8-11/h2-8,10,15,17H,9H2,1H3. The fourth-order valence-corrected chi connectivity index (χ4v) is 2.30. The molecule has 0 aliphatic carbocycles. The quantitative estimate of drug-likeness (QED) is 0.932. The number of ether oxygens (including phenoxy) is 1. The lowest BCUT2D eigenvalue weighted by Crippen LogP contribution is -2.02. The zero-order valence-corrected chi connectivity index (χ0v) is 11.7. The summed E-state index contributed by atoms with van der Waals surface area (Å²) < 4.78 is 6.18. The number of rotatable bonds is 4. The van der Waals surface area contributed by atoms with E-state index >= 15 is 0 Å². The first-order chi connectivity index (χ1) is 8.69. The van der Waals surface area contributed by atoms with Crippen molar-refractivity contribution in [2.75, 3.05) is 7.11 Å². The van der Waals surface area contributed by atoms with Crippen LogP contribution in [0.5, 0.6) is 5.75 Å². The predicted molar refractivity (Wildman–Crippen MR) is 75.8 cm³/mol. The summed E-state index contributed by atoms with van der Waals surface area (Å²) in [5, 5.41) is 10.2. The molecule has 0 saturated heterocycles. The van der Waals surface area contributed by atoms with Gasteiger partial charge in [0.15, 0.2) is 0 Å². The summed E-state index contributed by atoms with van der Waals surface area (Å²) in [6.45, 7) is 0. The first-order valence-electron chi connectivity index (χ1n) is 5.75. The Morgan fingerprint density at radius 2 is 1.94 bits per heavy atom. The van der Waals surface area contributed by atoms with Crippen molar-refractivity contribution in [3.63, 3.8) is 0 Å². The summed E-state index contributed by atoms with van der Waals surface area (Å²) in [6, 6.07) is 15.5. The molecule has 0 spiro atoms. The summed E-state index contributed by atoms with van der Waals surface area (Å²) in [5.41, 5.74) is 1.97. The van der Waals surface area contributed by atoms with Crippen LogP contribution in [0.1, 0.15) is 17.2 Å². The summed E-state index contributed by atoms with van der Waals surface area (Å²) in [4.78, 5) is 0. The SMILES string of the molecule is COc1cccc(C(O)Cc2cccc(Br)c2)c1. The second kappa shape index (κ2) is 6.03. The molecule has 18 heavy (non-hydrogen) atoms. The Hall–Kier alpha value is -1.32. The molecule has 0 aliphatic heterocycles. The Kier molecular flexibility index (Phi) is 4.39. The Morgan fingerprint density at radius 3 is 2.67 bits per heavy atom. The van der Waals surface area contributed by atoms with Gasteiger partial charge in [-0.15, -0.1) is 0 Å². The van der Waals surface area contributed by atoms with Gasteiger partial charge in [0.2, 0.25) is 0 Å². The molecular weight excluding hydrogens is 292 g/mol. The molecule has 0 heterocycles. The number of methoxy groups -OCH3 is 1. The van der Waals surface area contributed by atoms with Gasteiger partial charge in [-0.05, 0) is 35.4 Å². The monoisotopic (exact) mass is 306 g/mol. The molecule has 2 aromatic carbocycles. The van der Waals surface area contributed by atoms with E-state index in [4.69, 9.17) is 4.74 Å². The Balaban J connectivity index is 2.13. The van der Waals surface area contributed by atoms with Gasteiger partial charge in [-0.1, -0.05) is 40.2 Å². The van der Waals surface area contributed by atoms with Crippen LogP contribution in [0.15, 0.2) is 53.0 Å². The van der Waals surface area contributed by atoms with Crippen molar-refractivity contribution in [1.82, 2.24) is 0 Å². The lowest BCUT2D eigenvalue weighted by atomic mass is 10.0. The van der Waals surface area contributed by atoms with Crippen molar-refractivity contribution in [1.29, 1.82) is 0 Å². The molecule has 0 radical (unpaired) electrons. The van der Waals surface area contributed by atoms with Gasteiger partial charge < -0.3 is 9.84 Å². The van der Waals surface area contributed by atoms with Crippen LogP contribution in [-0.2, 0) is 6.42 Å². The third-order valence-corrected chi connectivity index (χ3v) is 3.29. The van der Waals surface area contributed by atoms with Crippen LogP contribution in [0.25, 0.3) is 0 Å². The van der Waals surface area contributed by atoms with Gasteiger partial charge in [0.1, 0.15) is 5.75 Å². The predicted octanol–water partition coefficient (Wildman–Crippen LogP) is 3.73. The average molecular weight is 307 g/mol. The van der Waals surface area contributed by atoms with E-state index in [-0.39, 0.29) is 0 Å². The number of aliphatic hydroxyl groups excluding tert-OH is 1. The van der Waals surface area contributed by atoms with Crippen LogP contribution < -0.4 is 4.74 Å². The molecule has 2 nitrogen and oxygen atoms in total. The smallest absolute Gasteiger partial charge is 0.119 e. The summed E-state index contributed by atoms with van der Waals surface area (Å²) in [5.74, 6) is 0.765. The van der Waals surface area contributed by atoms with E-state index < -0.39 is 6.10 Å². The van der Waals surface area contributed by atoms with Crippen LogP contribution in [0, 0.1) is 0 Å². The van der Waals surface area contributed by atoms with E-state index in [2.05, 4.69) is 15.9 Å². The molecule has 0 saturated carbocycles. The molecule has 0 aromatic heterocycles. The van der Waals surface area contributed by atoms with Gasteiger partial charge >= 0.3 is 0 Å². The van der Waals surface area contributed by atoms with Gasteiger partial charge in [-0.2, -0.15) is 0 Å². The maximum absolute atomic E-state index is 10.2. The Labute approximate surface area is 115 Å². The number of aliphatic hydroxyl groups is 1.